The van der Waals surface area contributed by atoms with Crippen LogP contribution >= 0.6 is 10.7 Å². The lowest BCUT2D eigenvalue weighted by Crippen LogP contribution is -2.41. The Morgan fingerprint density at radius 1 is 1.24 bits per heavy atom. The van der Waals surface area contributed by atoms with E-state index in [1.807, 2.05) is 6.92 Å². The Balaban J connectivity index is 2.56. The van der Waals surface area contributed by atoms with Gasteiger partial charge in [0.25, 0.3) is 15.0 Å². The first-order chi connectivity index (χ1) is 9.64. The summed E-state index contributed by atoms with van der Waals surface area (Å²) in [6.45, 7) is 5.17. The average Bonchev–Trinajstić information content (AvgIpc) is 2.22. The van der Waals surface area contributed by atoms with Gasteiger partial charge in [-0.05, 0) is 56.7 Å². The Morgan fingerprint density at radius 3 is 2.24 bits per heavy atom. The van der Waals surface area contributed by atoms with Gasteiger partial charge in [0, 0.05) is 29.3 Å². The van der Waals surface area contributed by atoms with Gasteiger partial charge in [0.05, 0.1) is 4.90 Å². The summed E-state index contributed by atoms with van der Waals surface area (Å²) in [4.78, 5) is 14.5. The second kappa shape index (κ2) is 5.61. The van der Waals surface area contributed by atoms with E-state index in [9.17, 15) is 13.2 Å². The fraction of sp³-hybridized carbons (Fsp3) is 0.533. The Bertz CT molecular complexity index is 693. The third-order valence-corrected chi connectivity index (χ3v) is 5.88. The highest BCUT2D eigenvalue weighted by Gasteiger charge is 2.30. The second-order valence-corrected chi connectivity index (χ2v) is 8.28. The normalized spacial score (nSPS) is 15.7. The van der Waals surface area contributed by atoms with Gasteiger partial charge in [-0.25, -0.2) is 8.42 Å². The highest BCUT2D eigenvalue weighted by atomic mass is 35.7. The van der Waals surface area contributed by atoms with Crippen LogP contribution in [0.15, 0.2) is 11.0 Å². The second-order valence-electron chi connectivity index (χ2n) is 5.78. The highest BCUT2D eigenvalue weighted by Crippen LogP contribution is 2.31. The van der Waals surface area contributed by atoms with Crippen molar-refractivity contribution in [3.8, 4) is 0 Å². The number of halogens is 1. The summed E-state index contributed by atoms with van der Waals surface area (Å²) >= 11 is 0. The molecule has 1 aliphatic carbocycles. The molecule has 0 spiro atoms. The van der Waals surface area contributed by atoms with Crippen LogP contribution in [0.5, 0.6) is 0 Å². The van der Waals surface area contributed by atoms with Crippen LogP contribution in [0.1, 0.15) is 46.3 Å². The zero-order valence-electron chi connectivity index (χ0n) is 12.7. The number of benzene rings is 1. The summed E-state index contributed by atoms with van der Waals surface area (Å²) in [7, 11) is 3.43. The first-order valence-electron chi connectivity index (χ1n) is 6.97. The van der Waals surface area contributed by atoms with Gasteiger partial charge < -0.3 is 4.90 Å². The number of hydrogen-bond acceptors (Lipinski definition) is 3. The minimum Gasteiger partial charge on any atom is -0.339 e. The average molecular weight is 330 g/mol. The van der Waals surface area contributed by atoms with Crippen LogP contribution in [0.4, 0.5) is 0 Å². The van der Waals surface area contributed by atoms with Crippen LogP contribution in [0.3, 0.4) is 0 Å². The lowest BCUT2D eigenvalue weighted by molar-refractivity contribution is 0.0650. The SMILES string of the molecule is Cc1cc(C)c(S(=O)(=O)Cl)c(C)c1C(=O)N(C)C1CCC1. The van der Waals surface area contributed by atoms with Gasteiger partial charge in [0.2, 0.25) is 0 Å². The Hall–Kier alpha value is -1.07. The van der Waals surface area contributed by atoms with Crippen molar-refractivity contribution in [1.29, 1.82) is 0 Å². The molecule has 1 saturated carbocycles. The molecule has 1 amide bonds. The Morgan fingerprint density at radius 2 is 1.81 bits per heavy atom. The maximum Gasteiger partial charge on any atom is 0.261 e. The van der Waals surface area contributed by atoms with Gasteiger partial charge in [-0.1, -0.05) is 6.07 Å². The van der Waals surface area contributed by atoms with Crippen LogP contribution in [-0.2, 0) is 9.05 Å². The minimum atomic E-state index is -3.87. The molecule has 21 heavy (non-hydrogen) atoms. The molecular formula is C15H20ClNO3S. The van der Waals surface area contributed by atoms with Gasteiger partial charge in [0.15, 0.2) is 0 Å². The van der Waals surface area contributed by atoms with Crippen molar-refractivity contribution in [1.82, 2.24) is 4.90 Å². The number of carbonyl (C=O) groups excluding carboxylic acids is 1. The zero-order chi connectivity index (χ0) is 15.9. The van der Waals surface area contributed by atoms with Crippen molar-refractivity contribution < 1.29 is 13.2 Å². The van der Waals surface area contributed by atoms with E-state index in [1.165, 1.54) is 0 Å². The standard InChI is InChI=1S/C15H20ClNO3S/c1-9-8-10(2)14(21(16,19)20)11(3)13(9)15(18)17(4)12-6-5-7-12/h8,12H,5-7H2,1-4H3. The number of rotatable bonds is 3. The largest absolute Gasteiger partial charge is 0.339 e. The lowest BCUT2D eigenvalue weighted by Gasteiger charge is -2.35. The van der Waals surface area contributed by atoms with E-state index in [-0.39, 0.29) is 16.8 Å². The predicted octanol–water partition coefficient (Wildman–Crippen LogP) is 3.16. The molecule has 4 nitrogen and oxygen atoms in total. The minimum absolute atomic E-state index is 0.0557. The summed E-state index contributed by atoms with van der Waals surface area (Å²) in [5.74, 6) is -0.128. The molecule has 116 valence electrons. The van der Waals surface area contributed by atoms with Crippen molar-refractivity contribution in [3.05, 3.63) is 28.3 Å². The third-order valence-electron chi connectivity index (χ3n) is 4.30. The van der Waals surface area contributed by atoms with Gasteiger partial charge in [-0.15, -0.1) is 0 Å². The van der Waals surface area contributed by atoms with E-state index in [1.54, 1.807) is 31.9 Å². The molecule has 0 aromatic heterocycles. The number of hydrogen-bond donors (Lipinski definition) is 0. The number of nitrogens with zero attached hydrogens (tertiary/aromatic N) is 1. The zero-order valence-corrected chi connectivity index (χ0v) is 14.3. The number of carbonyl (C=O) groups is 1. The molecule has 0 heterocycles. The molecule has 0 N–H and O–H groups in total. The van der Waals surface area contributed by atoms with E-state index in [0.29, 0.717) is 16.7 Å². The van der Waals surface area contributed by atoms with Crippen molar-refractivity contribution in [2.75, 3.05) is 7.05 Å². The molecule has 2 rings (SSSR count). The van der Waals surface area contributed by atoms with E-state index < -0.39 is 9.05 Å². The van der Waals surface area contributed by atoms with Crippen molar-refractivity contribution in [3.63, 3.8) is 0 Å². The molecule has 0 saturated heterocycles. The monoisotopic (exact) mass is 329 g/mol. The molecule has 1 aromatic rings. The summed E-state index contributed by atoms with van der Waals surface area (Å²) in [6, 6.07) is 1.97. The maximum atomic E-state index is 12.7. The van der Waals surface area contributed by atoms with Gasteiger partial charge in [-0.3, -0.25) is 4.79 Å². The summed E-state index contributed by atoms with van der Waals surface area (Å²) in [6.07, 6.45) is 3.15. The molecule has 6 heteroatoms. The van der Waals surface area contributed by atoms with Crippen LogP contribution in [0.2, 0.25) is 0 Å². The van der Waals surface area contributed by atoms with Crippen molar-refractivity contribution in [2.24, 2.45) is 0 Å². The molecule has 0 atom stereocenters. The highest BCUT2D eigenvalue weighted by molar-refractivity contribution is 8.13. The number of aryl methyl sites for hydroxylation is 2. The van der Waals surface area contributed by atoms with Crippen LogP contribution < -0.4 is 0 Å². The van der Waals surface area contributed by atoms with Crippen molar-refractivity contribution in [2.45, 2.75) is 51.0 Å². The lowest BCUT2D eigenvalue weighted by atomic mass is 9.90. The van der Waals surface area contributed by atoms with Crippen LogP contribution in [0.25, 0.3) is 0 Å². The quantitative estimate of drug-likeness (QED) is 0.800. The van der Waals surface area contributed by atoms with E-state index in [2.05, 4.69) is 0 Å². The van der Waals surface area contributed by atoms with Crippen LogP contribution in [0, 0.1) is 20.8 Å². The van der Waals surface area contributed by atoms with Gasteiger partial charge in [0.1, 0.15) is 0 Å². The first-order valence-corrected chi connectivity index (χ1v) is 9.28. The molecule has 1 aromatic carbocycles. The molecule has 1 fully saturated rings. The summed E-state index contributed by atoms with van der Waals surface area (Å²) in [5.41, 5.74) is 2.25. The number of amides is 1. The predicted molar refractivity (Wildman–Crippen MR) is 83.4 cm³/mol. The summed E-state index contributed by atoms with van der Waals surface area (Å²) in [5, 5.41) is 0. The summed E-state index contributed by atoms with van der Waals surface area (Å²) < 4.78 is 23.5. The molecule has 0 aliphatic heterocycles. The van der Waals surface area contributed by atoms with E-state index >= 15 is 0 Å². The third kappa shape index (κ3) is 2.94. The smallest absolute Gasteiger partial charge is 0.261 e. The van der Waals surface area contributed by atoms with E-state index in [0.717, 1.165) is 24.8 Å². The first kappa shape index (κ1) is 16.3. The van der Waals surface area contributed by atoms with Crippen molar-refractivity contribution >= 4 is 25.6 Å². The fourth-order valence-corrected chi connectivity index (χ4v) is 4.61. The maximum absolute atomic E-state index is 12.7. The molecule has 0 unspecified atom stereocenters. The molecule has 0 bridgehead atoms. The van der Waals surface area contributed by atoms with Crippen LogP contribution in [-0.4, -0.2) is 32.3 Å². The van der Waals surface area contributed by atoms with E-state index in [4.69, 9.17) is 10.7 Å². The molecule has 1 aliphatic rings. The van der Waals surface area contributed by atoms with Gasteiger partial charge in [-0.2, -0.15) is 0 Å². The Kier molecular flexibility index (Phi) is 4.36. The van der Waals surface area contributed by atoms with Gasteiger partial charge >= 0.3 is 0 Å². The fourth-order valence-electron chi connectivity index (χ4n) is 2.99. The molecular weight excluding hydrogens is 310 g/mol. The Labute approximate surface area is 130 Å². The molecule has 0 radical (unpaired) electrons. The topological polar surface area (TPSA) is 54.5 Å².